The Morgan fingerprint density at radius 1 is 1.24 bits per heavy atom. The Bertz CT molecular complexity index is 485. The van der Waals surface area contributed by atoms with Gasteiger partial charge in [-0.1, -0.05) is 0 Å². The van der Waals surface area contributed by atoms with Gasteiger partial charge in [0.25, 0.3) is 0 Å². The van der Waals surface area contributed by atoms with Crippen LogP contribution in [-0.4, -0.2) is 12.0 Å². The van der Waals surface area contributed by atoms with Gasteiger partial charge < -0.3 is 10.1 Å². The summed E-state index contributed by atoms with van der Waals surface area (Å²) in [4.78, 5) is 4.16. The van der Waals surface area contributed by atoms with Gasteiger partial charge in [-0.05, 0) is 64.6 Å². The molecule has 3 nitrogen and oxygen atoms in total. The minimum Gasteiger partial charge on any atom is -0.489 e. The zero-order valence-corrected chi connectivity index (χ0v) is 11.6. The van der Waals surface area contributed by atoms with Crippen LogP contribution in [0.25, 0.3) is 0 Å². The first-order valence-electron chi connectivity index (χ1n) is 5.29. The number of pyridine rings is 1. The lowest BCUT2D eigenvalue weighted by molar-refractivity contribution is 0.306. The molecule has 0 aliphatic rings. The summed E-state index contributed by atoms with van der Waals surface area (Å²) in [5.74, 6) is 1.74. The van der Waals surface area contributed by atoms with Gasteiger partial charge in [-0.25, -0.2) is 4.98 Å². The van der Waals surface area contributed by atoms with Crippen LogP contribution in [0.3, 0.4) is 0 Å². The maximum absolute atomic E-state index is 5.69. The van der Waals surface area contributed by atoms with Gasteiger partial charge in [0.2, 0.25) is 0 Å². The first kappa shape index (κ1) is 12.2. The van der Waals surface area contributed by atoms with Crippen LogP contribution in [-0.2, 0) is 6.61 Å². The van der Waals surface area contributed by atoms with Gasteiger partial charge in [-0.15, -0.1) is 0 Å². The highest BCUT2D eigenvalue weighted by atomic mass is 127. The summed E-state index contributed by atoms with van der Waals surface area (Å²) in [6.07, 6.45) is 1.78. The van der Waals surface area contributed by atoms with Crippen molar-refractivity contribution in [2.24, 2.45) is 0 Å². The van der Waals surface area contributed by atoms with Crippen molar-refractivity contribution >= 4 is 28.4 Å². The second-order valence-corrected chi connectivity index (χ2v) is 4.79. The first-order chi connectivity index (χ1) is 8.28. The number of ether oxygens (including phenoxy) is 1. The van der Waals surface area contributed by atoms with E-state index in [0.29, 0.717) is 6.61 Å². The smallest absolute Gasteiger partial charge is 0.126 e. The van der Waals surface area contributed by atoms with Crippen LogP contribution >= 0.6 is 22.6 Å². The third kappa shape index (κ3) is 3.59. The third-order valence-corrected chi connectivity index (χ3v) is 3.02. The molecule has 0 unspecified atom stereocenters. The number of rotatable bonds is 4. The molecule has 0 spiro atoms. The van der Waals surface area contributed by atoms with E-state index >= 15 is 0 Å². The molecule has 0 saturated heterocycles. The molecule has 1 aromatic carbocycles. The van der Waals surface area contributed by atoms with Crippen LogP contribution in [0.4, 0.5) is 5.82 Å². The Balaban J connectivity index is 1.99. The zero-order chi connectivity index (χ0) is 12.1. The first-order valence-corrected chi connectivity index (χ1v) is 6.37. The molecule has 2 aromatic rings. The van der Waals surface area contributed by atoms with Crippen molar-refractivity contribution in [3.05, 3.63) is 51.7 Å². The summed E-state index contributed by atoms with van der Waals surface area (Å²) in [6.45, 7) is 0.553. The van der Waals surface area contributed by atoms with Crippen molar-refractivity contribution in [3.63, 3.8) is 0 Å². The van der Waals surface area contributed by atoms with E-state index in [9.17, 15) is 0 Å². The van der Waals surface area contributed by atoms with Gasteiger partial charge in [-0.3, -0.25) is 0 Å². The monoisotopic (exact) mass is 340 g/mol. The average molecular weight is 340 g/mol. The summed E-state index contributed by atoms with van der Waals surface area (Å²) >= 11 is 2.27. The number of hydrogen-bond donors (Lipinski definition) is 1. The fourth-order valence-corrected chi connectivity index (χ4v) is 1.76. The number of anilines is 1. The number of benzene rings is 1. The predicted octanol–water partition coefficient (Wildman–Crippen LogP) is 3.31. The van der Waals surface area contributed by atoms with Gasteiger partial charge in [0.05, 0.1) is 0 Å². The number of hydrogen-bond acceptors (Lipinski definition) is 3. The lowest BCUT2D eigenvalue weighted by Crippen LogP contribution is -1.98. The van der Waals surface area contributed by atoms with E-state index in [1.54, 1.807) is 6.20 Å². The van der Waals surface area contributed by atoms with E-state index < -0.39 is 0 Å². The minimum atomic E-state index is 0.553. The van der Waals surface area contributed by atoms with Crippen LogP contribution in [0.2, 0.25) is 0 Å². The van der Waals surface area contributed by atoms with Crippen LogP contribution in [0, 0.1) is 3.57 Å². The SMILES string of the molecule is CNc1cc(COc2ccc(I)cc2)ccn1. The molecule has 4 heteroatoms. The average Bonchev–Trinajstić information content (AvgIpc) is 2.38. The predicted molar refractivity (Wildman–Crippen MR) is 77.3 cm³/mol. The van der Waals surface area contributed by atoms with E-state index in [-0.39, 0.29) is 0 Å². The van der Waals surface area contributed by atoms with Crippen LogP contribution < -0.4 is 10.1 Å². The van der Waals surface area contributed by atoms with Crippen molar-refractivity contribution in [1.82, 2.24) is 4.98 Å². The van der Waals surface area contributed by atoms with Crippen molar-refractivity contribution in [2.75, 3.05) is 12.4 Å². The minimum absolute atomic E-state index is 0.553. The highest BCUT2D eigenvalue weighted by Crippen LogP contribution is 2.15. The van der Waals surface area contributed by atoms with E-state index in [0.717, 1.165) is 17.1 Å². The van der Waals surface area contributed by atoms with Crippen LogP contribution in [0.5, 0.6) is 5.75 Å². The maximum atomic E-state index is 5.69. The molecule has 1 heterocycles. The van der Waals surface area contributed by atoms with Gasteiger partial charge >= 0.3 is 0 Å². The standard InChI is InChI=1S/C13H13IN2O/c1-15-13-8-10(6-7-16-13)9-17-12-4-2-11(14)3-5-12/h2-8H,9H2,1H3,(H,15,16). The molecular formula is C13H13IN2O. The summed E-state index contributed by atoms with van der Waals surface area (Å²) in [5, 5.41) is 3.01. The molecular weight excluding hydrogens is 327 g/mol. The molecule has 0 radical (unpaired) electrons. The molecule has 0 aliphatic heterocycles. The van der Waals surface area contributed by atoms with Crippen molar-refractivity contribution < 1.29 is 4.74 Å². The zero-order valence-electron chi connectivity index (χ0n) is 9.48. The summed E-state index contributed by atoms with van der Waals surface area (Å²) < 4.78 is 6.89. The Morgan fingerprint density at radius 3 is 2.71 bits per heavy atom. The topological polar surface area (TPSA) is 34.1 Å². The Kier molecular flexibility index (Phi) is 4.19. The largest absolute Gasteiger partial charge is 0.489 e. The Hall–Kier alpha value is -1.30. The molecule has 1 aromatic heterocycles. The van der Waals surface area contributed by atoms with E-state index in [2.05, 4.69) is 32.9 Å². The fraction of sp³-hybridized carbons (Fsp3) is 0.154. The molecule has 0 atom stereocenters. The van der Waals surface area contributed by atoms with E-state index in [1.165, 1.54) is 3.57 Å². The molecule has 0 bridgehead atoms. The lowest BCUT2D eigenvalue weighted by atomic mass is 10.3. The van der Waals surface area contributed by atoms with Gasteiger partial charge in [0.1, 0.15) is 18.2 Å². The fourth-order valence-electron chi connectivity index (χ4n) is 1.40. The highest BCUT2D eigenvalue weighted by molar-refractivity contribution is 14.1. The van der Waals surface area contributed by atoms with Crippen molar-refractivity contribution in [3.8, 4) is 5.75 Å². The molecule has 1 N–H and O–H groups in total. The molecule has 0 amide bonds. The van der Waals surface area contributed by atoms with Crippen LogP contribution in [0.1, 0.15) is 5.56 Å². The molecule has 0 aliphatic carbocycles. The van der Waals surface area contributed by atoms with Gasteiger partial charge in [0, 0.05) is 16.8 Å². The Labute approximate surface area is 114 Å². The molecule has 0 saturated carbocycles. The van der Waals surface area contributed by atoms with Crippen molar-refractivity contribution in [2.45, 2.75) is 6.61 Å². The molecule has 88 valence electrons. The van der Waals surface area contributed by atoms with Crippen LogP contribution in [0.15, 0.2) is 42.6 Å². The number of aromatic nitrogens is 1. The second kappa shape index (κ2) is 5.86. The molecule has 0 fully saturated rings. The lowest BCUT2D eigenvalue weighted by Gasteiger charge is -2.07. The summed E-state index contributed by atoms with van der Waals surface area (Å²) in [7, 11) is 1.85. The van der Waals surface area contributed by atoms with Gasteiger partial charge in [-0.2, -0.15) is 0 Å². The number of halogens is 1. The number of nitrogens with zero attached hydrogens (tertiary/aromatic N) is 1. The summed E-state index contributed by atoms with van der Waals surface area (Å²) in [5.41, 5.74) is 1.10. The highest BCUT2D eigenvalue weighted by Gasteiger charge is 1.98. The van der Waals surface area contributed by atoms with Crippen molar-refractivity contribution in [1.29, 1.82) is 0 Å². The van der Waals surface area contributed by atoms with Gasteiger partial charge in [0.15, 0.2) is 0 Å². The Morgan fingerprint density at radius 2 is 2.00 bits per heavy atom. The summed E-state index contributed by atoms with van der Waals surface area (Å²) in [6, 6.07) is 11.9. The molecule has 2 rings (SSSR count). The maximum Gasteiger partial charge on any atom is 0.126 e. The normalized spacial score (nSPS) is 10.0. The number of nitrogens with one attached hydrogen (secondary N) is 1. The quantitative estimate of drug-likeness (QED) is 0.868. The van der Waals surface area contributed by atoms with E-state index in [1.807, 2.05) is 43.4 Å². The van der Waals surface area contributed by atoms with E-state index in [4.69, 9.17) is 4.74 Å². The second-order valence-electron chi connectivity index (χ2n) is 3.54. The molecule has 17 heavy (non-hydrogen) atoms. The third-order valence-electron chi connectivity index (χ3n) is 2.30.